The van der Waals surface area contributed by atoms with Crippen molar-refractivity contribution in [2.45, 2.75) is 54.0 Å². The molecule has 0 radical (unpaired) electrons. The summed E-state index contributed by atoms with van der Waals surface area (Å²) in [5.41, 5.74) is 14.0. The molecule has 4 nitrogen and oxygen atoms in total. The first-order valence-corrected chi connectivity index (χ1v) is 22.4. The smallest absolute Gasteiger partial charge is 0.0716 e. The summed E-state index contributed by atoms with van der Waals surface area (Å²) in [7, 11) is 0. The Bertz CT molecular complexity index is 3010. The molecule has 0 aliphatic rings. The Balaban J connectivity index is 0.000000570. The monoisotopic (exact) mass is 848 g/mol. The maximum atomic E-state index is 5.33. The highest BCUT2D eigenvalue weighted by Crippen LogP contribution is 2.40. The van der Waals surface area contributed by atoms with E-state index in [1.807, 2.05) is 80.6 Å². The average Bonchev–Trinajstić information content (AvgIpc) is 3.67. The lowest BCUT2D eigenvalue weighted by Gasteiger charge is -2.11. The van der Waals surface area contributed by atoms with Crippen LogP contribution in [0.1, 0.15) is 68.4 Å². The van der Waals surface area contributed by atoms with Crippen molar-refractivity contribution in [1.29, 1.82) is 0 Å². The maximum Gasteiger partial charge on any atom is 0.0716 e. The number of benzene rings is 7. The van der Waals surface area contributed by atoms with Crippen LogP contribution < -0.4 is 0 Å². The number of allylic oxidation sites excluding steroid dienone is 7. The average molecular weight is 849 g/mol. The molecule has 8 rings (SSSR count). The van der Waals surface area contributed by atoms with Gasteiger partial charge in [0.1, 0.15) is 0 Å². The first-order chi connectivity index (χ1) is 31.8. The summed E-state index contributed by atoms with van der Waals surface area (Å²) in [5.74, 6) is 0. The summed E-state index contributed by atoms with van der Waals surface area (Å²) in [6.07, 6.45) is 13.5. The SMILES string of the molecule is C=C/C=C\C(C)=C\C.C=CC.C=N/C(=C\C(=NCc1ccc(-n2c3cc(C)c(N=C(CCC)c4ccccc4)cc3c3c4ccccc4ccc32)cc1)c1ccccc1)c1ccccc1. The van der Waals surface area contributed by atoms with Crippen molar-refractivity contribution < 1.29 is 0 Å². The van der Waals surface area contributed by atoms with Gasteiger partial charge in [-0.15, -0.1) is 6.58 Å². The number of aromatic nitrogens is 1. The molecule has 0 aliphatic heterocycles. The number of nitrogens with zero attached hydrogens (tertiary/aromatic N) is 4. The van der Waals surface area contributed by atoms with Crippen molar-refractivity contribution in [3.63, 3.8) is 0 Å². The van der Waals surface area contributed by atoms with Crippen LogP contribution in [-0.2, 0) is 6.54 Å². The minimum atomic E-state index is 0.528. The number of hydrogen-bond donors (Lipinski definition) is 0. The molecule has 0 saturated heterocycles. The number of fused-ring (bicyclic) bond motifs is 5. The molecule has 0 aliphatic carbocycles. The van der Waals surface area contributed by atoms with E-state index in [1.165, 1.54) is 43.7 Å². The number of hydrogen-bond acceptors (Lipinski definition) is 3. The van der Waals surface area contributed by atoms with Crippen molar-refractivity contribution in [1.82, 2.24) is 4.57 Å². The fraction of sp³-hybridized carbons (Fsp3) is 0.131. The van der Waals surface area contributed by atoms with Crippen LogP contribution in [0.4, 0.5) is 5.69 Å². The molecule has 1 aromatic heterocycles. The quantitative estimate of drug-likeness (QED) is 0.0630. The predicted octanol–water partition coefficient (Wildman–Crippen LogP) is 16.8. The minimum Gasteiger partial charge on any atom is -0.309 e. The summed E-state index contributed by atoms with van der Waals surface area (Å²) >= 11 is 0. The zero-order valence-electron chi connectivity index (χ0n) is 38.6. The van der Waals surface area contributed by atoms with Crippen molar-refractivity contribution in [3.05, 3.63) is 247 Å². The van der Waals surface area contributed by atoms with E-state index in [4.69, 9.17) is 9.98 Å². The molecule has 324 valence electrons. The van der Waals surface area contributed by atoms with Gasteiger partial charge in [0.15, 0.2) is 0 Å². The summed E-state index contributed by atoms with van der Waals surface area (Å²) in [6, 6.07) is 57.6. The number of aliphatic imine (C=N–C) groups is 3. The van der Waals surface area contributed by atoms with Gasteiger partial charge in [-0.25, -0.2) is 0 Å². The van der Waals surface area contributed by atoms with Crippen LogP contribution in [0.3, 0.4) is 0 Å². The highest BCUT2D eigenvalue weighted by molar-refractivity contribution is 6.22. The van der Waals surface area contributed by atoms with E-state index in [9.17, 15) is 0 Å². The third-order valence-corrected chi connectivity index (χ3v) is 11.0. The Hall–Kier alpha value is -7.69. The molecular formula is C61H60N4. The Labute approximate surface area is 386 Å². The first-order valence-electron chi connectivity index (χ1n) is 22.4. The molecule has 7 aromatic carbocycles. The largest absolute Gasteiger partial charge is 0.309 e. The van der Waals surface area contributed by atoms with Gasteiger partial charge in [0.2, 0.25) is 0 Å². The summed E-state index contributed by atoms with van der Waals surface area (Å²) in [4.78, 5) is 14.8. The van der Waals surface area contributed by atoms with E-state index in [0.29, 0.717) is 6.54 Å². The maximum absolute atomic E-state index is 5.33. The summed E-state index contributed by atoms with van der Waals surface area (Å²) < 4.78 is 2.40. The normalized spacial score (nSPS) is 12.1. The second-order valence-corrected chi connectivity index (χ2v) is 15.7. The highest BCUT2D eigenvalue weighted by atomic mass is 15.0. The molecule has 4 heteroatoms. The third-order valence-electron chi connectivity index (χ3n) is 11.0. The molecule has 0 atom stereocenters. The van der Waals surface area contributed by atoms with Crippen LogP contribution in [0.5, 0.6) is 0 Å². The van der Waals surface area contributed by atoms with Crippen LogP contribution in [0.25, 0.3) is 44.0 Å². The van der Waals surface area contributed by atoms with Gasteiger partial charge in [-0.3, -0.25) is 15.0 Å². The van der Waals surface area contributed by atoms with E-state index in [1.54, 1.807) is 12.2 Å². The molecule has 0 saturated carbocycles. The van der Waals surface area contributed by atoms with E-state index in [0.717, 1.165) is 63.6 Å². The fourth-order valence-electron chi connectivity index (χ4n) is 7.63. The number of aryl methyl sites for hydroxylation is 1. The zero-order valence-corrected chi connectivity index (χ0v) is 38.6. The van der Waals surface area contributed by atoms with Gasteiger partial charge in [0, 0.05) is 27.7 Å². The lowest BCUT2D eigenvalue weighted by atomic mass is 10.0. The molecule has 0 N–H and O–H groups in total. The standard InChI is InChI=1S/C50H42N4.C8H12.C3H6/c1-4-16-44(38-18-8-5-9-19-38)53-45-32-43-49(31-35(45)2)54(48-30-27-37-17-14-15-24-42(37)50(43)48)41-28-25-36(26-29-41)34-52-47(40-22-12-7-13-23-40)33-46(51-3)39-20-10-6-11-21-39;1-4-6-7-8(3)5-2;1-3-2/h5-15,17-33H,3-4,16,34H2,1-2H3;4-7H,1H2,2-3H3;3H,1H2,2H3/b46-33-,52-47?,53-44?;7-6-,8-5+;. The predicted molar refractivity (Wildman–Crippen MR) is 286 cm³/mol. The van der Waals surface area contributed by atoms with Crippen LogP contribution in [0, 0.1) is 6.92 Å². The van der Waals surface area contributed by atoms with E-state index >= 15 is 0 Å². The molecular weight excluding hydrogens is 789 g/mol. The van der Waals surface area contributed by atoms with Crippen molar-refractivity contribution >= 4 is 62.1 Å². The van der Waals surface area contributed by atoms with Crippen LogP contribution in [0.15, 0.2) is 234 Å². The number of rotatable bonds is 13. The van der Waals surface area contributed by atoms with Crippen LogP contribution >= 0.6 is 0 Å². The van der Waals surface area contributed by atoms with E-state index < -0.39 is 0 Å². The van der Waals surface area contributed by atoms with Gasteiger partial charge in [-0.1, -0.05) is 189 Å². The van der Waals surface area contributed by atoms with Crippen molar-refractivity contribution in [2.24, 2.45) is 15.0 Å². The third kappa shape index (κ3) is 11.9. The van der Waals surface area contributed by atoms with Gasteiger partial charge in [-0.05, 0) is 110 Å². The molecule has 0 bridgehead atoms. The lowest BCUT2D eigenvalue weighted by molar-refractivity contribution is 0.992. The Kier molecular flexibility index (Phi) is 17.0. The van der Waals surface area contributed by atoms with Gasteiger partial charge < -0.3 is 4.57 Å². The fourth-order valence-corrected chi connectivity index (χ4v) is 7.63. The van der Waals surface area contributed by atoms with E-state index in [-0.39, 0.29) is 0 Å². The molecule has 0 fully saturated rings. The molecule has 8 aromatic rings. The second kappa shape index (κ2) is 23.7. The highest BCUT2D eigenvalue weighted by Gasteiger charge is 2.17. The summed E-state index contributed by atoms with van der Waals surface area (Å²) in [6.45, 7) is 21.7. The molecule has 0 amide bonds. The molecule has 1 heterocycles. The van der Waals surface area contributed by atoms with Gasteiger partial charge >= 0.3 is 0 Å². The van der Waals surface area contributed by atoms with E-state index in [2.05, 4.69) is 172 Å². The zero-order chi connectivity index (χ0) is 46.0. The van der Waals surface area contributed by atoms with Crippen molar-refractivity contribution in [3.8, 4) is 5.69 Å². The minimum absolute atomic E-state index is 0.528. The lowest BCUT2D eigenvalue weighted by Crippen LogP contribution is -2.00. The Morgan fingerprint density at radius 1 is 0.677 bits per heavy atom. The molecule has 0 unspecified atom stereocenters. The van der Waals surface area contributed by atoms with Gasteiger partial charge in [0.25, 0.3) is 0 Å². The second-order valence-electron chi connectivity index (χ2n) is 15.7. The topological polar surface area (TPSA) is 42.0 Å². The van der Waals surface area contributed by atoms with Crippen LogP contribution in [0.2, 0.25) is 0 Å². The summed E-state index contributed by atoms with van der Waals surface area (Å²) in [5, 5.41) is 4.91. The first kappa shape index (κ1) is 46.8. The van der Waals surface area contributed by atoms with Gasteiger partial charge in [-0.2, -0.15) is 0 Å². The molecule has 0 spiro atoms. The van der Waals surface area contributed by atoms with Gasteiger partial charge in [0.05, 0.1) is 34.7 Å². The molecule has 65 heavy (non-hydrogen) atoms. The van der Waals surface area contributed by atoms with Crippen molar-refractivity contribution in [2.75, 3.05) is 0 Å². The van der Waals surface area contributed by atoms with Crippen LogP contribution in [-0.4, -0.2) is 22.7 Å². The Morgan fingerprint density at radius 3 is 1.91 bits per heavy atom. The Morgan fingerprint density at radius 2 is 1.29 bits per heavy atom.